The normalized spacial score (nSPS) is 39.4. The Labute approximate surface area is 96.9 Å². The molecule has 0 aliphatic carbocycles. The number of aldehydes is 1. The molecule has 0 N–H and O–H groups in total. The Morgan fingerprint density at radius 1 is 1.50 bits per heavy atom. The molecule has 4 heteroatoms. The molecule has 0 spiro atoms. The minimum absolute atomic E-state index is 0.274. The van der Waals surface area contributed by atoms with E-state index in [9.17, 15) is 4.79 Å². The molecule has 0 saturated carbocycles. The molecule has 2 rings (SSSR count). The van der Waals surface area contributed by atoms with Crippen LogP contribution in [0.1, 0.15) is 19.8 Å². The van der Waals surface area contributed by atoms with Gasteiger partial charge in [-0.15, -0.1) is 0 Å². The molecule has 4 nitrogen and oxygen atoms in total. The molecule has 2 heterocycles. The highest BCUT2D eigenvalue weighted by atomic mass is 16.5. The standard InChI is InChI=1S/C12H21NO3/c1-10-11(3-5-16-10)13(2)7-12(8-14)4-6-15-9-12/h8,10-11H,3-7,9H2,1-2H3. The van der Waals surface area contributed by atoms with E-state index in [0.29, 0.717) is 19.3 Å². The van der Waals surface area contributed by atoms with Crippen molar-refractivity contribution in [1.82, 2.24) is 4.90 Å². The highest BCUT2D eigenvalue weighted by Gasteiger charge is 2.38. The molecule has 0 radical (unpaired) electrons. The van der Waals surface area contributed by atoms with Crippen molar-refractivity contribution in [2.75, 3.05) is 33.4 Å². The number of nitrogens with zero attached hydrogens (tertiary/aromatic N) is 1. The van der Waals surface area contributed by atoms with Gasteiger partial charge in [-0.3, -0.25) is 4.90 Å². The van der Waals surface area contributed by atoms with E-state index in [4.69, 9.17) is 9.47 Å². The summed E-state index contributed by atoms with van der Waals surface area (Å²) in [6.07, 6.45) is 3.27. The van der Waals surface area contributed by atoms with Gasteiger partial charge in [-0.1, -0.05) is 0 Å². The summed E-state index contributed by atoms with van der Waals surface area (Å²) < 4.78 is 10.9. The molecule has 2 saturated heterocycles. The predicted molar refractivity (Wildman–Crippen MR) is 60.4 cm³/mol. The summed E-state index contributed by atoms with van der Waals surface area (Å²) in [5.41, 5.74) is -0.281. The summed E-state index contributed by atoms with van der Waals surface area (Å²) in [7, 11) is 2.08. The second-order valence-electron chi connectivity index (χ2n) is 5.13. The minimum Gasteiger partial charge on any atom is -0.380 e. The average molecular weight is 227 g/mol. The number of hydrogen-bond acceptors (Lipinski definition) is 4. The highest BCUT2D eigenvalue weighted by Crippen LogP contribution is 2.29. The third-order valence-corrected chi connectivity index (χ3v) is 3.85. The summed E-state index contributed by atoms with van der Waals surface area (Å²) in [5.74, 6) is 0. The maximum absolute atomic E-state index is 11.2. The highest BCUT2D eigenvalue weighted by molar-refractivity contribution is 5.60. The van der Waals surface area contributed by atoms with Crippen LogP contribution < -0.4 is 0 Å². The van der Waals surface area contributed by atoms with E-state index in [-0.39, 0.29) is 11.5 Å². The van der Waals surface area contributed by atoms with Crippen LogP contribution in [0, 0.1) is 5.41 Å². The maximum atomic E-state index is 11.2. The van der Waals surface area contributed by atoms with Crippen molar-refractivity contribution < 1.29 is 14.3 Å². The van der Waals surface area contributed by atoms with E-state index in [1.165, 1.54) is 0 Å². The molecule has 16 heavy (non-hydrogen) atoms. The summed E-state index contributed by atoms with van der Waals surface area (Å²) in [4.78, 5) is 13.5. The molecule has 0 bridgehead atoms. The summed E-state index contributed by atoms with van der Waals surface area (Å²) in [6, 6.07) is 0.442. The smallest absolute Gasteiger partial charge is 0.129 e. The van der Waals surface area contributed by atoms with Crippen LogP contribution in [0.25, 0.3) is 0 Å². The molecule has 0 amide bonds. The van der Waals surface area contributed by atoms with Gasteiger partial charge < -0.3 is 14.3 Å². The van der Waals surface area contributed by atoms with E-state index in [0.717, 1.165) is 32.3 Å². The predicted octanol–water partition coefficient (Wildman–Crippen LogP) is 0.701. The fourth-order valence-corrected chi connectivity index (χ4v) is 2.79. The van der Waals surface area contributed by atoms with Crippen LogP contribution >= 0.6 is 0 Å². The molecule has 3 unspecified atom stereocenters. The average Bonchev–Trinajstić information content (AvgIpc) is 2.87. The first kappa shape index (κ1) is 12.0. The monoisotopic (exact) mass is 227 g/mol. The van der Waals surface area contributed by atoms with Crippen LogP contribution in [0.4, 0.5) is 0 Å². The zero-order chi connectivity index (χ0) is 11.6. The lowest BCUT2D eigenvalue weighted by Crippen LogP contribution is -2.45. The van der Waals surface area contributed by atoms with Crippen LogP contribution in [0.2, 0.25) is 0 Å². The van der Waals surface area contributed by atoms with Gasteiger partial charge in [0.05, 0.1) is 18.1 Å². The van der Waals surface area contributed by atoms with E-state index >= 15 is 0 Å². The van der Waals surface area contributed by atoms with Gasteiger partial charge in [-0.05, 0) is 26.8 Å². The van der Waals surface area contributed by atoms with Crippen molar-refractivity contribution in [3.05, 3.63) is 0 Å². The van der Waals surface area contributed by atoms with Crippen molar-refractivity contribution in [2.45, 2.75) is 31.9 Å². The zero-order valence-electron chi connectivity index (χ0n) is 10.1. The number of rotatable bonds is 4. The first-order chi connectivity index (χ1) is 7.67. The molecule has 2 aliphatic heterocycles. The van der Waals surface area contributed by atoms with Gasteiger partial charge in [-0.25, -0.2) is 0 Å². The third-order valence-electron chi connectivity index (χ3n) is 3.85. The number of carbonyl (C=O) groups excluding carboxylic acids is 1. The summed E-state index contributed by atoms with van der Waals surface area (Å²) >= 11 is 0. The lowest BCUT2D eigenvalue weighted by atomic mass is 9.88. The summed E-state index contributed by atoms with van der Waals surface area (Å²) in [6.45, 7) is 5.01. The van der Waals surface area contributed by atoms with Crippen molar-refractivity contribution in [2.24, 2.45) is 5.41 Å². The minimum atomic E-state index is -0.281. The number of likely N-dealkylation sites (N-methyl/N-ethyl adjacent to an activating group) is 1. The van der Waals surface area contributed by atoms with Gasteiger partial charge in [0.1, 0.15) is 6.29 Å². The Bertz CT molecular complexity index is 251. The fraction of sp³-hybridized carbons (Fsp3) is 0.917. The van der Waals surface area contributed by atoms with E-state index < -0.39 is 0 Å². The first-order valence-corrected chi connectivity index (χ1v) is 6.03. The molecular weight excluding hydrogens is 206 g/mol. The molecule has 3 atom stereocenters. The van der Waals surface area contributed by atoms with Gasteiger partial charge in [-0.2, -0.15) is 0 Å². The van der Waals surface area contributed by atoms with Crippen LogP contribution in [0.15, 0.2) is 0 Å². The first-order valence-electron chi connectivity index (χ1n) is 6.03. The molecule has 2 aliphatic rings. The number of carbonyl (C=O) groups is 1. The summed E-state index contributed by atoms with van der Waals surface area (Å²) in [5, 5.41) is 0. The number of ether oxygens (including phenoxy) is 2. The van der Waals surface area contributed by atoms with Crippen molar-refractivity contribution in [1.29, 1.82) is 0 Å². The van der Waals surface area contributed by atoms with E-state index in [2.05, 4.69) is 18.9 Å². The van der Waals surface area contributed by atoms with Crippen LogP contribution in [-0.4, -0.2) is 56.7 Å². The Kier molecular flexibility index (Phi) is 3.62. The zero-order valence-corrected chi connectivity index (χ0v) is 10.1. The molecular formula is C12H21NO3. The Balaban J connectivity index is 1.94. The van der Waals surface area contributed by atoms with Gasteiger partial charge in [0, 0.05) is 25.8 Å². The van der Waals surface area contributed by atoms with Crippen LogP contribution in [0.3, 0.4) is 0 Å². The van der Waals surface area contributed by atoms with Crippen molar-refractivity contribution in [3.63, 3.8) is 0 Å². The van der Waals surface area contributed by atoms with Crippen molar-refractivity contribution in [3.8, 4) is 0 Å². The fourth-order valence-electron chi connectivity index (χ4n) is 2.79. The largest absolute Gasteiger partial charge is 0.380 e. The van der Waals surface area contributed by atoms with Crippen LogP contribution in [-0.2, 0) is 14.3 Å². The third kappa shape index (κ3) is 2.29. The number of hydrogen-bond donors (Lipinski definition) is 0. The SMILES string of the molecule is CC1OCCC1N(C)CC1(C=O)CCOC1. The maximum Gasteiger partial charge on any atom is 0.129 e. The van der Waals surface area contributed by atoms with Gasteiger partial charge in [0.2, 0.25) is 0 Å². The van der Waals surface area contributed by atoms with E-state index in [1.54, 1.807) is 0 Å². The van der Waals surface area contributed by atoms with Gasteiger partial charge in [0.25, 0.3) is 0 Å². The topological polar surface area (TPSA) is 38.8 Å². The molecule has 0 aromatic carbocycles. The lowest BCUT2D eigenvalue weighted by Gasteiger charge is -2.32. The van der Waals surface area contributed by atoms with Crippen LogP contribution in [0.5, 0.6) is 0 Å². The quantitative estimate of drug-likeness (QED) is 0.663. The van der Waals surface area contributed by atoms with E-state index in [1.807, 2.05) is 0 Å². The Morgan fingerprint density at radius 2 is 2.31 bits per heavy atom. The van der Waals surface area contributed by atoms with Gasteiger partial charge in [0.15, 0.2) is 0 Å². The molecule has 0 aromatic heterocycles. The van der Waals surface area contributed by atoms with Gasteiger partial charge >= 0.3 is 0 Å². The Hall–Kier alpha value is -0.450. The Morgan fingerprint density at radius 3 is 2.81 bits per heavy atom. The molecule has 2 fully saturated rings. The van der Waals surface area contributed by atoms with Crippen molar-refractivity contribution >= 4 is 6.29 Å². The second-order valence-corrected chi connectivity index (χ2v) is 5.13. The lowest BCUT2D eigenvalue weighted by molar-refractivity contribution is -0.117. The molecule has 92 valence electrons. The molecule has 0 aromatic rings. The second kappa shape index (κ2) is 4.82.